The summed E-state index contributed by atoms with van der Waals surface area (Å²) in [6.45, 7) is 3.73. The van der Waals surface area contributed by atoms with Gasteiger partial charge >= 0.3 is 0 Å². The zero-order valence-corrected chi connectivity index (χ0v) is 17.3. The average molecular weight is 417 g/mol. The van der Waals surface area contributed by atoms with Gasteiger partial charge in [-0.3, -0.25) is 14.9 Å². The van der Waals surface area contributed by atoms with Crippen LogP contribution in [0.3, 0.4) is 0 Å². The third-order valence-corrected chi connectivity index (χ3v) is 5.87. The van der Waals surface area contributed by atoms with Crippen molar-refractivity contribution in [1.29, 1.82) is 0 Å². The van der Waals surface area contributed by atoms with Crippen molar-refractivity contribution in [2.24, 2.45) is 0 Å². The highest BCUT2D eigenvalue weighted by Gasteiger charge is 2.31. The monoisotopic (exact) mass is 416 g/mol. The highest BCUT2D eigenvalue weighted by molar-refractivity contribution is 5.87. The largest absolute Gasteiger partial charge is 0.331 e. The first kappa shape index (κ1) is 20.8. The molecule has 6 nitrogen and oxygen atoms in total. The number of hydrogen-bond acceptors (Lipinski definition) is 3. The van der Waals surface area contributed by atoms with Crippen LogP contribution in [0.1, 0.15) is 22.6 Å². The van der Waals surface area contributed by atoms with Gasteiger partial charge in [0, 0.05) is 17.7 Å². The summed E-state index contributed by atoms with van der Waals surface area (Å²) in [6, 6.07) is 26.7. The van der Waals surface area contributed by atoms with Crippen molar-refractivity contribution in [3.05, 3.63) is 112 Å². The van der Waals surface area contributed by atoms with Crippen molar-refractivity contribution in [3.63, 3.8) is 0 Å². The highest BCUT2D eigenvalue weighted by atomic mass is 16.6. The molecule has 3 aromatic rings. The number of benzene rings is 3. The fraction of sp³-hybridized carbons (Fsp3) is 0.240. The van der Waals surface area contributed by atoms with Crippen molar-refractivity contribution in [2.45, 2.75) is 12.5 Å². The van der Waals surface area contributed by atoms with Crippen molar-refractivity contribution in [1.82, 2.24) is 4.90 Å². The summed E-state index contributed by atoms with van der Waals surface area (Å²) in [4.78, 5) is 27.5. The molecule has 158 valence electrons. The topological polar surface area (TPSA) is 67.9 Å². The van der Waals surface area contributed by atoms with E-state index in [1.54, 1.807) is 12.1 Å². The van der Waals surface area contributed by atoms with Crippen LogP contribution in [0, 0.1) is 10.1 Å². The minimum atomic E-state index is -0.358. The molecule has 0 saturated carbocycles. The number of piperazine rings is 1. The lowest BCUT2D eigenvalue weighted by atomic mass is 9.90. The zero-order valence-electron chi connectivity index (χ0n) is 17.3. The minimum Gasteiger partial charge on any atom is -0.331 e. The highest BCUT2D eigenvalue weighted by Crippen LogP contribution is 2.27. The van der Waals surface area contributed by atoms with Gasteiger partial charge in [0.15, 0.2) is 0 Å². The smallest absolute Gasteiger partial charge is 0.269 e. The molecule has 3 aromatic carbocycles. The number of non-ortho nitro benzene ring substituents is 1. The lowest BCUT2D eigenvalue weighted by Gasteiger charge is -2.34. The third-order valence-electron chi connectivity index (χ3n) is 5.87. The van der Waals surface area contributed by atoms with Gasteiger partial charge < -0.3 is 9.80 Å². The predicted octanol–water partition coefficient (Wildman–Crippen LogP) is 2.65. The van der Waals surface area contributed by atoms with Gasteiger partial charge in [0.1, 0.15) is 6.54 Å². The number of nitro groups is 1. The molecule has 0 bridgehead atoms. The van der Waals surface area contributed by atoms with Gasteiger partial charge in [0.05, 0.1) is 37.0 Å². The Morgan fingerprint density at radius 2 is 1.48 bits per heavy atom. The number of nitro benzene ring substituents is 1. The van der Waals surface area contributed by atoms with Gasteiger partial charge in [0.2, 0.25) is 5.91 Å². The van der Waals surface area contributed by atoms with Crippen LogP contribution in [0.5, 0.6) is 0 Å². The van der Waals surface area contributed by atoms with E-state index >= 15 is 0 Å². The molecule has 1 heterocycles. The Morgan fingerprint density at radius 1 is 0.903 bits per heavy atom. The van der Waals surface area contributed by atoms with Crippen LogP contribution < -0.4 is 4.90 Å². The second-order valence-corrected chi connectivity index (χ2v) is 7.93. The fourth-order valence-corrected chi connectivity index (χ4v) is 4.24. The summed E-state index contributed by atoms with van der Waals surface area (Å²) in [5.41, 5.74) is 3.09. The Balaban J connectivity index is 1.44. The lowest BCUT2D eigenvalue weighted by Crippen LogP contribution is -3.13. The molecule has 0 spiro atoms. The first-order valence-corrected chi connectivity index (χ1v) is 10.6. The molecule has 0 atom stereocenters. The van der Waals surface area contributed by atoms with E-state index < -0.39 is 0 Å². The number of amides is 1. The summed E-state index contributed by atoms with van der Waals surface area (Å²) in [5.74, 6) is -0.174. The second kappa shape index (κ2) is 9.53. The van der Waals surface area contributed by atoms with Crippen LogP contribution >= 0.6 is 0 Å². The molecule has 0 radical (unpaired) electrons. The van der Waals surface area contributed by atoms with Crippen LogP contribution in [0.4, 0.5) is 5.69 Å². The average Bonchev–Trinajstić information content (AvgIpc) is 2.81. The van der Waals surface area contributed by atoms with E-state index in [9.17, 15) is 14.9 Å². The molecule has 6 heteroatoms. The second-order valence-electron chi connectivity index (χ2n) is 7.93. The summed E-state index contributed by atoms with van der Waals surface area (Å²) < 4.78 is 0. The van der Waals surface area contributed by atoms with Crippen molar-refractivity contribution in [3.8, 4) is 0 Å². The zero-order chi connectivity index (χ0) is 21.6. The Bertz CT molecular complexity index is 993. The van der Waals surface area contributed by atoms with Gasteiger partial charge in [-0.1, -0.05) is 72.8 Å². The molecule has 1 saturated heterocycles. The van der Waals surface area contributed by atoms with Crippen LogP contribution in [-0.4, -0.2) is 41.9 Å². The molecule has 4 rings (SSSR count). The Labute approximate surface area is 181 Å². The molecular weight excluding hydrogens is 390 g/mol. The van der Waals surface area contributed by atoms with Crippen molar-refractivity contribution >= 4 is 11.6 Å². The van der Waals surface area contributed by atoms with Crippen LogP contribution in [0.15, 0.2) is 84.9 Å². The number of carbonyl (C=O) groups is 1. The summed E-state index contributed by atoms with van der Waals surface area (Å²) in [7, 11) is 0. The standard InChI is InChI=1S/C25H25N3O3/c29-25(24(21-9-3-1-4-10-21)22-11-5-2-6-12-22)27-16-14-26(15-17-27)19-20-8-7-13-23(18-20)28(30)31/h1-13,18,24H,14-17,19H2/p+1. The quantitative estimate of drug-likeness (QED) is 0.496. The van der Waals surface area contributed by atoms with Crippen molar-refractivity contribution < 1.29 is 14.6 Å². The maximum absolute atomic E-state index is 13.5. The number of carbonyl (C=O) groups excluding carboxylic acids is 1. The van der Waals surface area contributed by atoms with Crippen molar-refractivity contribution in [2.75, 3.05) is 26.2 Å². The maximum Gasteiger partial charge on any atom is 0.269 e. The normalized spacial score (nSPS) is 14.5. The molecule has 1 N–H and O–H groups in total. The number of quaternary nitrogens is 1. The number of rotatable bonds is 6. The van der Waals surface area contributed by atoms with Crippen LogP contribution in [0.2, 0.25) is 0 Å². The van der Waals surface area contributed by atoms with E-state index in [2.05, 4.69) is 0 Å². The molecule has 0 aliphatic carbocycles. The number of nitrogens with one attached hydrogen (secondary N) is 1. The lowest BCUT2D eigenvalue weighted by molar-refractivity contribution is -0.917. The molecule has 1 aliphatic rings. The van der Waals surface area contributed by atoms with Crippen LogP contribution in [-0.2, 0) is 11.3 Å². The number of nitrogens with zero attached hydrogens (tertiary/aromatic N) is 2. The fourth-order valence-electron chi connectivity index (χ4n) is 4.24. The molecule has 0 unspecified atom stereocenters. The molecule has 1 fully saturated rings. The third kappa shape index (κ3) is 4.98. The Morgan fingerprint density at radius 3 is 2.03 bits per heavy atom. The van der Waals surface area contributed by atoms with Gasteiger partial charge in [-0.2, -0.15) is 0 Å². The molecule has 0 aromatic heterocycles. The minimum absolute atomic E-state index is 0.124. The predicted molar refractivity (Wildman–Crippen MR) is 119 cm³/mol. The first-order chi connectivity index (χ1) is 15.1. The van der Waals surface area contributed by atoms with Gasteiger partial charge in [0.25, 0.3) is 5.69 Å². The first-order valence-electron chi connectivity index (χ1n) is 10.6. The van der Waals surface area contributed by atoms with Gasteiger partial charge in [-0.25, -0.2) is 0 Å². The van der Waals surface area contributed by atoms with E-state index in [4.69, 9.17) is 0 Å². The van der Waals surface area contributed by atoms with E-state index in [1.165, 1.54) is 11.0 Å². The maximum atomic E-state index is 13.5. The van der Waals surface area contributed by atoms with E-state index in [-0.39, 0.29) is 22.4 Å². The summed E-state index contributed by atoms with van der Waals surface area (Å²) >= 11 is 0. The summed E-state index contributed by atoms with van der Waals surface area (Å²) in [5, 5.41) is 11.0. The SMILES string of the molecule is O=C(C(c1ccccc1)c1ccccc1)N1CC[NH+](Cc2cccc([N+](=O)[O-])c2)CC1. The Kier molecular flexibility index (Phi) is 6.38. The summed E-state index contributed by atoms with van der Waals surface area (Å²) in [6.07, 6.45) is 0. The Hall–Kier alpha value is -3.51. The van der Waals surface area contributed by atoms with E-state index in [0.29, 0.717) is 13.1 Å². The van der Waals surface area contributed by atoms with Crippen LogP contribution in [0.25, 0.3) is 0 Å². The number of hydrogen-bond donors (Lipinski definition) is 1. The molecule has 31 heavy (non-hydrogen) atoms. The molecular formula is C25H26N3O3+. The van der Waals surface area contributed by atoms with E-state index in [1.807, 2.05) is 71.6 Å². The van der Waals surface area contributed by atoms with Gasteiger partial charge in [-0.15, -0.1) is 0 Å². The van der Waals surface area contributed by atoms with Gasteiger partial charge in [-0.05, 0) is 11.1 Å². The molecule has 1 amide bonds. The van der Waals surface area contributed by atoms with E-state index in [0.717, 1.165) is 36.3 Å². The molecule has 1 aliphatic heterocycles.